The SMILES string of the molecule is [2H]C([2H])([2H])N1c2ccccc2N(B2C(C)=Cc3oc4ncccc4c3N2C)[C@H]1C. The Morgan fingerprint density at radius 1 is 1.19 bits per heavy atom. The maximum absolute atomic E-state index is 8.08. The van der Waals surface area contributed by atoms with Gasteiger partial charge in [-0.05, 0) is 51.2 Å². The molecule has 26 heavy (non-hydrogen) atoms. The number of rotatable bonds is 1. The molecule has 0 N–H and O–H groups in total. The fourth-order valence-corrected chi connectivity index (χ4v) is 4.26. The van der Waals surface area contributed by atoms with Crippen molar-refractivity contribution in [3.63, 3.8) is 0 Å². The van der Waals surface area contributed by atoms with E-state index in [4.69, 9.17) is 8.53 Å². The van der Waals surface area contributed by atoms with Crippen molar-refractivity contribution in [2.75, 3.05) is 28.5 Å². The van der Waals surface area contributed by atoms with Crippen LogP contribution in [0.3, 0.4) is 0 Å². The minimum Gasteiger partial charge on any atom is -0.436 e. The van der Waals surface area contributed by atoms with E-state index in [9.17, 15) is 0 Å². The van der Waals surface area contributed by atoms with Crippen LogP contribution in [0.1, 0.15) is 23.7 Å². The molecule has 0 unspecified atom stereocenters. The number of hydrogen-bond acceptors (Lipinski definition) is 5. The van der Waals surface area contributed by atoms with Crippen LogP contribution in [0.5, 0.6) is 0 Å². The second-order valence-electron chi connectivity index (χ2n) is 6.94. The molecule has 0 bridgehead atoms. The van der Waals surface area contributed by atoms with Gasteiger partial charge in [-0.2, -0.15) is 0 Å². The molecule has 5 nitrogen and oxygen atoms in total. The van der Waals surface area contributed by atoms with Gasteiger partial charge in [-0.1, -0.05) is 17.6 Å². The Hall–Kier alpha value is -2.89. The summed E-state index contributed by atoms with van der Waals surface area (Å²) in [6, 6.07) is 11.6. The molecule has 2 aromatic heterocycles. The van der Waals surface area contributed by atoms with Crippen molar-refractivity contribution in [3.8, 4) is 0 Å². The van der Waals surface area contributed by atoms with Crippen LogP contribution in [0.15, 0.2) is 52.5 Å². The van der Waals surface area contributed by atoms with Gasteiger partial charge in [-0.15, -0.1) is 0 Å². The van der Waals surface area contributed by atoms with Gasteiger partial charge in [0.05, 0.1) is 28.6 Å². The molecule has 5 rings (SSSR count). The van der Waals surface area contributed by atoms with Crippen LogP contribution in [0.2, 0.25) is 0 Å². The molecule has 0 aliphatic carbocycles. The fraction of sp³-hybridized carbons (Fsp3) is 0.250. The number of pyridine rings is 1. The lowest BCUT2D eigenvalue weighted by molar-refractivity contribution is 0.591. The van der Waals surface area contributed by atoms with E-state index < -0.39 is 6.98 Å². The van der Waals surface area contributed by atoms with Crippen LogP contribution in [-0.4, -0.2) is 32.2 Å². The lowest BCUT2D eigenvalue weighted by Gasteiger charge is -2.40. The van der Waals surface area contributed by atoms with E-state index in [1.165, 1.54) is 4.90 Å². The Morgan fingerprint density at radius 3 is 2.81 bits per heavy atom. The lowest BCUT2D eigenvalue weighted by atomic mass is 9.61. The van der Waals surface area contributed by atoms with Crippen molar-refractivity contribution in [2.45, 2.75) is 20.0 Å². The Morgan fingerprint density at radius 2 is 2.00 bits per heavy atom. The molecule has 0 radical (unpaired) electrons. The topological polar surface area (TPSA) is 35.8 Å². The number of anilines is 3. The molecular weight excluding hydrogens is 323 g/mol. The highest BCUT2D eigenvalue weighted by Gasteiger charge is 2.44. The van der Waals surface area contributed by atoms with E-state index in [2.05, 4.69) is 21.5 Å². The molecule has 0 spiro atoms. The molecule has 4 heterocycles. The van der Waals surface area contributed by atoms with Gasteiger partial charge in [-0.25, -0.2) is 4.98 Å². The average Bonchev–Trinajstić information content (AvgIpc) is 3.16. The molecule has 130 valence electrons. The third kappa shape index (κ3) is 1.90. The molecular formula is C20H21BN4O. The second-order valence-corrected chi connectivity index (χ2v) is 6.94. The minimum atomic E-state index is -2.23. The molecule has 0 saturated heterocycles. The summed E-state index contributed by atoms with van der Waals surface area (Å²) in [7, 11) is 2.02. The van der Waals surface area contributed by atoms with Gasteiger partial charge in [0.1, 0.15) is 0 Å². The zero-order chi connectivity index (χ0) is 20.5. The van der Waals surface area contributed by atoms with Gasteiger partial charge >= 0.3 is 6.98 Å². The summed E-state index contributed by atoms with van der Waals surface area (Å²) in [5, 5.41) is 0.951. The number of hydrogen-bond donors (Lipinski definition) is 0. The highest BCUT2D eigenvalue weighted by Crippen LogP contribution is 2.44. The Labute approximate surface area is 157 Å². The molecule has 6 heteroatoms. The average molecular weight is 347 g/mol. The van der Waals surface area contributed by atoms with Gasteiger partial charge in [-0.3, -0.25) is 0 Å². The van der Waals surface area contributed by atoms with Crippen LogP contribution >= 0.6 is 0 Å². The van der Waals surface area contributed by atoms with Crippen molar-refractivity contribution < 1.29 is 8.53 Å². The smallest absolute Gasteiger partial charge is 0.408 e. The summed E-state index contributed by atoms with van der Waals surface area (Å²) in [5.74, 6) is 0.780. The van der Waals surface area contributed by atoms with E-state index >= 15 is 0 Å². The van der Waals surface area contributed by atoms with Crippen LogP contribution < -0.4 is 14.5 Å². The molecule has 2 aliphatic heterocycles. The molecule has 0 amide bonds. The molecule has 1 aromatic carbocycles. The van der Waals surface area contributed by atoms with Crippen molar-refractivity contribution in [1.29, 1.82) is 0 Å². The summed E-state index contributed by atoms with van der Waals surface area (Å²) in [5.41, 5.74) is 4.29. The van der Waals surface area contributed by atoms with Crippen molar-refractivity contribution in [1.82, 2.24) is 4.98 Å². The number of aromatic nitrogens is 1. The van der Waals surface area contributed by atoms with E-state index in [0.717, 1.165) is 33.7 Å². The zero-order valence-electron chi connectivity index (χ0n) is 18.0. The first-order chi connectivity index (χ1) is 13.8. The van der Waals surface area contributed by atoms with E-state index in [1.807, 2.05) is 56.4 Å². The number of fused-ring (bicyclic) bond motifs is 4. The quantitative estimate of drug-likeness (QED) is 0.622. The predicted molar refractivity (Wildman–Crippen MR) is 109 cm³/mol. The largest absolute Gasteiger partial charge is 0.436 e. The summed E-state index contributed by atoms with van der Waals surface area (Å²) < 4.78 is 30.2. The Kier molecular flexibility index (Phi) is 2.54. The van der Waals surface area contributed by atoms with Crippen molar-refractivity contribution >= 4 is 41.2 Å². The van der Waals surface area contributed by atoms with Gasteiger partial charge in [0.15, 0.2) is 5.76 Å². The third-order valence-corrected chi connectivity index (χ3v) is 5.41. The Balaban J connectivity index is 1.66. The van der Waals surface area contributed by atoms with Crippen molar-refractivity contribution in [2.24, 2.45) is 0 Å². The molecule has 3 aromatic rings. The highest BCUT2D eigenvalue weighted by molar-refractivity contribution is 6.76. The van der Waals surface area contributed by atoms with Gasteiger partial charge < -0.3 is 18.9 Å². The summed E-state index contributed by atoms with van der Waals surface area (Å²) in [6.45, 7) is 1.62. The maximum atomic E-state index is 8.08. The molecule has 0 fully saturated rings. The molecule has 1 atom stereocenters. The van der Waals surface area contributed by atoms with Crippen LogP contribution in [0.4, 0.5) is 17.1 Å². The number of para-hydroxylation sites is 2. The van der Waals surface area contributed by atoms with Crippen LogP contribution in [0.25, 0.3) is 17.2 Å². The maximum Gasteiger partial charge on any atom is 0.408 e. The standard InChI is InChI=1S/C20H21BN4O/c1-13-12-18-19(15-8-7-11-22-20(15)26-18)24(4)21(13)25-14(2)23(3)16-9-5-6-10-17(16)25/h5-12,14H,1-4H3/t14-/m0/s1/i3D3. The molecule has 2 aliphatic rings. The first kappa shape index (κ1) is 12.5. The lowest BCUT2D eigenvalue weighted by Crippen LogP contribution is -2.58. The summed E-state index contributed by atoms with van der Waals surface area (Å²) in [6.07, 6.45) is 3.42. The van der Waals surface area contributed by atoms with Gasteiger partial charge in [0.25, 0.3) is 0 Å². The first-order valence-electron chi connectivity index (χ1n) is 10.2. The van der Waals surface area contributed by atoms with Crippen LogP contribution in [-0.2, 0) is 0 Å². The predicted octanol–water partition coefficient (Wildman–Crippen LogP) is 4.01. The molecule has 0 saturated carbocycles. The fourth-order valence-electron chi connectivity index (χ4n) is 4.26. The van der Waals surface area contributed by atoms with E-state index in [0.29, 0.717) is 5.71 Å². The third-order valence-electron chi connectivity index (χ3n) is 5.41. The highest BCUT2D eigenvalue weighted by atomic mass is 16.3. The zero-order valence-corrected chi connectivity index (χ0v) is 15.0. The minimum absolute atomic E-state index is 0.146. The summed E-state index contributed by atoms with van der Waals surface area (Å²) in [4.78, 5) is 10.2. The van der Waals surface area contributed by atoms with Gasteiger partial charge in [0, 0.05) is 17.3 Å². The monoisotopic (exact) mass is 347 g/mol. The number of furan rings is 1. The van der Waals surface area contributed by atoms with Crippen molar-refractivity contribution in [3.05, 3.63) is 53.8 Å². The Bertz CT molecular complexity index is 1140. The number of benzene rings is 1. The van der Waals surface area contributed by atoms with E-state index in [1.54, 1.807) is 6.20 Å². The second kappa shape index (κ2) is 5.30. The van der Waals surface area contributed by atoms with Gasteiger partial charge in [0.2, 0.25) is 5.71 Å². The normalized spacial score (nSPS) is 21.3. The van der Waals surface area contributed by atoms with E-state index in [-0.39, 0.29) is 13.1 Å². The van der Waals surface area contributed by atoms with Crippen LogP contribution in [0, 0.1) is 0 Å². The first-order valence-corrected chi connectivity index (χ1v) is 8.74. The number of nitrogens with zero attached hydrogens (tertiary/aromatic N) is 4. The summed E-state index contributed by atoms with van der Waals surface area (Å²) >= 11 is 0. The number of allylic oxidation sites excluding steroid dienone is 1.